The smallest absolute Gasteiger partial charge is 0.202 e. The Bertz CT molecular complexity index is 1190. The standard InChI is InChI=1S/C28H34O8/c1-5-9-13-21(29)14(10-6-2)24(32)17(23(13)31)19-27(35)20(28(19)36)18-25(33)15(11-7-3)22(30)16(12-8-4)26(18)34/h29,31-35H,5-12H2,1-4H3. The lowest BCUT2D eigenvalue weighted by Crippen LogP contribution is -2.28. The molecule has 0 saturated heterocycles. The van der Waals surface area contributed by atoms with Crippen molar-refractivity contribution in [2.45, 2.75) is 79.1 Å². The lowest BCUT2D eigenvalue weighted by atomic mass is 9.75. The fourth-order valence-electron chi connectivity index (χ4n) is 4.91. The molecule has 2 aliphatic rings. The van der Waals surface area contributed by atoms with E-state index in [0.717, 1.165) is 0 Å². The SMILES string of the molecule is CCCC1=C(O)C(=C2C(=O)C(c3c(O)c(CCC)c(O)c(CCC)c3O)=C2O)C(O)=C(CCC)C1=O. The molecule has 1 aromatic carbocycles. The second-order valence-corrected chi connectivity index (χ2v) is 9.16. The third-order valence-electron chi connectivity index (χ3n) is 6.64. The normalized spacial score (nSPS) is 16.4. The fraction of sp³-hybridized carbons (Fsp3) is 0.429. The number of carbonyl (C=O) groups excluding carboxylic acids is 2. The molecule has 0 atom stereocenters. The minimum absolute atomic E-state index is 0.0566. The highest BCUT2D eigenvalue weighted by Crippen LogP contribution is 2.52. The first-order valence-corrected chi connectivity index (χ1v) is 12.5. The molecule has 0 saturated carbocycles. The van der Waals surface area contributed by atoms with Crippen LogP contribution in [0.15, 0.2) is 39.6 Å². The van der Waals surface area contributed by atoms with Crippen LogP contribution in [0.1, 0.15) is 82.9 Å². The third kappa shape index (κ3) is 4.04. The van der Waals surface area contributed by atoms with Gasteiger partial charge in [0.25, 0.3) is 0 Å². The van der Waals surface area contributed by atoms with Gasteiger partial charge in [0.05, 0.1) is 22.3 Å². The monoisotopic (exact) mass is 498 g/mol. The number of allylic oxidation sites excluding steroid dienone is 4. The van der Waals surface area contributed by atoms with Gasteiger partial charge in [0, 0.05) is 22.3 Å². The molecule has 0 heterocycles. The molecule has 8 nitrogen and oxygen atoms in total. The fourth-order valence-corrected chi connectivity index (χ4v) is 4.91. The molecule has 0 bridgehead atoms. The molecule has 36 heavy (non-hydrogen) atoms. The number of phenols is 3. The van der Waals surface area contributed by atoms with Gasteiger partial charge in [-0.3, -0.25) is 9.59 Å². The van der Waals surface area contributed by atoms with Crippen molar-refractivity contribution < 1.29 is 40.2 Å². The summed E-state index contributed by atoms with van der Waals surface area (Å²) in [5.74, 6) is -4.34. The Kier molecular flexibility index (Phi) is 7.86. The summed E-state index contributed by atoms with van der Waals surface area (Å²) in [6.45, 7) is 7.32. The highest BCUT2D eigenvalue weighted by atomic mass is 16.3. The van der Waals surface area contributed by atoms with Gasteiger partial charge in [-0.2, -0.15) is 0 Å². The molecule has 0 aromatic heterocycles. The van der Waals surface area contributed by atoms with Crippen LogP contribution in [-0.4, -0.2) is 42.2 Å². The lowest BCUT2D eigenvalue weighted by Gasteiger charge is -2.29. The van der Waals surface area contributed by atoms with Gasteiger partial charge in [0.2, 0.25) is 5.78 Å². The number of aromatic hydroxyl groups is 3. The van der Waals surface area contributed by atoms with Gasteiger partial charge in [-0.15, -0.1) is 0 Å². The molecule has 0 radical (unpaired) electrons. The molecular formula is C28H34O8. The maximum absolute atomic E-state index is 13.4. The van der Waals surface area contributed by atoms with E-state index in [2.05, 4.69) is 0 Å². The van der Waals surface area contributed by atoms with Crippen LogP contribution in [0, 0.1) is 0 Å². The summed E-state index contributed by atoms with van der Waals surface area (Å²) in [6, 6.07) is 0. The summed E-state index contributed by atoms with van der Waals surface area (Å²) >= 11 is 0. The lowest BCUT2D eigenvalue weighted by molar-refractivity contribution is -0.113. The Hall–Kier alpha value is -3.68. The van der Waals surface area contributed by atoms with Crippen molar-refractivity contribution in [2.75, 3.05) is 0 Å². The average Bonchev–Trinajstić information content (AvgIpc) is 2.85. The van der Waals surface area contributed by atoms with Crippen LogP contribution in [0.25, 0.3) is 5.57 Å². The summed E-state index contributed by atoms with van der Waals surface area (Å²) in [5, 5.41) is 65.2. The maximum Gasteiger partial charge on any atom is 0.202 e. The highest BCUT2D eigenvalue weighted by molar-refractivity contribution is 6.40. The average molecular weight is 499 g/mol. The Labute approximate surface area is 210 Å². The van der Waals surface area contributed by atoms with Gasteiger partial charge in [-0.25, -0.2) is 0 Å². The zero-order valence-electron chi connectivity index (χ0n) is 21.2. The number of aliphatic hydroxyl groups is 3. The number of Topliss-reactive ketones (excluding diaryl/α,β-unsaturated/α-hetero) is 2. The van der Waals surface area contributed by atoms with Crippen molar-refractivity contribution in [1.82, 2.24) is 0 Å². The number of hydrogen-bond acceptors (Lipinski definition) is 8. The number of carbonyl (C=O) groups is 2. The van der Waals surface area contributed by atoms with Crippen LogP contribution in [0.4, 0.5) is 0 Å². The second kappa shape index (κ2) is 10.5. The summed E-state index contributed by atoms with van der Waals surface area (Å²) in [6.07, 6.45) is 3.17. The van der Waals surface area contributed by atoms with Crippen molar-refractivity contribution in [2.24, 2.45) is 0 Å². The van der Waals surface area contributed by atoms with Crippen LogP contribution >= 0.6 is 0 Å². The maximum atomic E-state index is 13.4. The molecule has 194 valence electrons. The van der Waals surface area contributed by atoms with Crippen LogP contribution in [0.2, 0.25) is 0 Å². The van der Waals surface area contributed by atoms with Crippen molar-refractivity contribution >= 4 is 17.1 Å². The minimum atomic E-state index is -0.817. The van der Waals surface area contributed by atoms with Crippen LogP contribution in [0.5, 0.6) is 17.2 Å². The summed E-state index contributed by atoms with van der Waals surface area (Å²) < 4.78 is 0. The molecule has 0 unspecified atom stereocenters. The van der Waals surface area contributed by atoms with E-state index in [9.17, 15) is 40.2 Å². The first-order valence-electron chi connectivity index (χ1n) is 12.5. The van der Waals surface area contributed by atoms with E-state index in [-0.39, 0.29) is 70.4 Å². The van der Waals surface area contributed by atoms with Gasteiger partial charge in [0.15, 0.2) is 5.78 Å². The summed E-state index contributed by atoms with van der Waals surface area (Å²) in [4.78, 5) is 26.2. The minimum Gasteiger partial charge on any atom is -0.507 e. The number of ketones is 2. The van der Waals surface area contributed by atoms with Gasteiger partial charge in [-0.05, 0) is 25.7 Å². The largest absolute Gasteiger partial charge is 0.507 e. The molecule has 3 rings (SSSR count). The van der Waals surface area contributed by atoms with E-state index in [1.807, 2.05) is 27.7 Å². The van der Waals surface area contributed by atoms with Gasteiger partial charge < -0.3 is 30.6 Å². The van der Waals surface area contributed by atoms with Crippen molar-refractivity contribution in [1.29, 1.82) is 0 Å². The van der Waals surface area contributed by atoms with Crippen molar-refractivity contribution in [3.63, 3.8) is 0 Å². The third-order valence-corrected chi connectivity index (χ3v) is 6.64. The Morgan fingerprint density at radius 1 is 0.472 bits per heavy atom. The predicted octanol–water partition coefficient (Wildman–Crippen LogP) is 5.66. The van der Waals surface area contributed by atoms with Crippen molar-refractivity contribution in [3.8, 4) is 17.2 Å². The zero-order valence-corrected chi connectivity index (χ0v) is 21.2. The quantitative estimate of drug-likeness (QED) is 0.238. The van der Waals surface area contributed by atoms with Gasteiger partial charge in [-0.1, -0.05) is 53.4 Å². The molecule has 6 N–H and O–H groups in total. The van der Waals surface area contributed by atoms with Gasteiger partial charge in [0.1, 0.15) is 34.5 Å². The molecule has 8 heteroatoms. The molecule has 0 fully saturated rings. The Morgan fingerprint density at radius 2 is 0.889 bits per heavy atom. The number of benzene rings is 1. The van der Waals surface area contributed by atoms with E-state index in [1.54, 1.807) is 0 Å². The Morgan fingerprint density at radius 3 is 1.25 bits per heavy atom. The van der Waals surface area contributed by atoms with E-state index in [0.29, 0.717) is 25.7 Å². The summed E-state index contributed by atoms with van der Waals surface area (Å²) in [7, 11) is 0. The van der Waals surface area contributed by atoms with E-state index in [4.69, 9.17) is 0 Å². The van der Waals surface area contributed by atoms with Crippen molar-refractivity contribution in [3.05, 3.63) is 56.3 Å². The van der Waals surface area contributed by atoms with Crippen LogP contribution in [-0.2, 0) is 22.4 Å². The number of hydrogen-bond donors (Lipinski definition) is 6. The summed E-state index contributed by atoms with van der Waals surface area (Å²) in [5.41, 5.74) is -0.966. The molecule has 2 aliphatic carbocycles. The second-order valence-electron chi connectivity index (χ2n) is 9.16. The highest BCUT2D eigenvalue weighted by Gasteiger charge is 2.45. The van der Waals surface area contributed by atoms with Gasteiger partial charge >= 0.3 is 0 Å². The predicted molar refractivity (Wildman–Crippen MR) is 135 cm³/mol. The molecule has 1 aromatic rings. The molecular weight excluding hydrogens is 464 g/mol. The zero-order chi connectivity index (χ0) is 26.9. The van der Waals surface area contributed by atoms with Crippen LogP contribution in [0.3, 0.4) is 0 Å². The first kappa shape index (κ1) is 26.9. The number of aliphatic hydroxyl groups excluding tert-OH is 3. The molecule has 0 spiro atoms. The molecule has 0 amide bonds. The van der Waals surface area contributed by atoms with E-state index in [1.165, 1.54) is 0 Å². The first-order chi connectivity index (χ1) is 17.1. The number of phenolic OH excluding ortho intramolecular Hbond substituents is 3. The van der Waals surface area contributed by atoms with Crippen LogP contribution < -0.4 is 0 Å². The Balaban J connectivity index is 2.34. The molecule has 0 aliphatic heterocycles. The van der Waals surface area contributed by atoms with E-state index < -0.39 is 45.9 Å². The van der Waals surface area contributed by atoms with E-state index >= 15 is 0 Å². The topological polar surface area (TPSA) is 156 Å². The number of rotatable bonds is 9.